The van der Waals surface area contributed by atoms with E-state index in [0.29, 0.717) is 5.56 Å². The normalized spacial score (nSPS) is 12.0. The third-order valence-electron chi connectivity index (χ3n) is 6.87. The summed E-state index contributed by atoms with van der Waals surface area (Å²) in [6.07, 6.45) is -0.679. The highest BCUT2D eigenvalue weighted by Crippen LogP contribution is 2.44. The number of carboxylic acids is 1. The highest BCUT2D eigenvalue weighted by atomic mass is 32.1. The van der Waals surface area contributed by atoms with Crippen LogP contribution in [0.15, 0.2) is 109 Å². The fourth-order valence-electron chi connectivity index (χ4n) is 5.07. The first-order valence-electron chi connectivity index (χ1n) is 12.2. The third kappa shape index (κ3) is 4.35. The van der Waals surface area contributed by atoms with Gasteiger partial charge in [-0.25, -0.2) is 9.59 Å². The van der Waals surface area contributed by atoms with Crippen LogP contribution in [0, 0.1) is 0 Å². The Morgan fingerprint density at radius 1 is 0.711 bits per heavy atom. The van der Waals surface area contributed by atoms with Crippen molar-refractivity contribution in [3.8, 4) is 33.4 Å². The number of carbonyl (C=O) groups is 2. The molecule has 4 aromatic carbocycles. The number of hydrogen-bond acceptors (Lipinski definition) is 4. The van der Waals surface area contributed by atoms with Crippen molar-refractivity contribution in [3.63, 3.8) is 0 Å². The molecule has 0 fully saturated rings. The molecular weight excluding hydrogens is 494 g/mol. The number of anilines is 1. The Labute approximate surface area is 224 Å². The van der Waals surface area contributed by atoms with Crippen LogP contribution in [0.2, 0.25) is 0 Å². The predicted molar refractivity (Wildman–Crippen MR) is 151 cm³/mol. The first-order chi connectivity index (χ1) is 18.6. The molecule has 0 atom stereocenters. The van der Waals surface area contributed by atoms with Crippen LogP contribution in [0.4, 0.5) is 9.80 Å². The summed E-state index contributed by atoms with van der Waals surface area (Å²) in [4.78, 5) is 25.0. The molecule has 1 aliphatic carbocycles. The predicted octanol–water partition coefficient (Wildman–Crippen LogP) is 8.14. The van der Waals surface area contributed by atoms with E-state index in [0.717, 1.165) is 38.9 Å². The van der Waals surface area contributed by atoms with Gasteiger partial charge in [-0.05, 0) is 38.9 Å². The van der Waals surface area contributed by atoms with E-state index in [-0.39, 0.29) is 23.1 Å². The minimum atomic E-state index is -1.11. The van der Waals surface area contributed by atoms with Gasteiger partial charge in [0.15, 0.2) is 0 Å². The second-order valence-electron chi connectivity index (χ2n) is 9.05. The average Bonchev–Trinajstić information content (AvgIpc) is 3.52. The second-order valence-corrected chi connectivity index (χ2v) is 9.93. The molecule has 0 radical (unpaired) electrons. The highest BCUT2D eigenvalue weighted by molar-refractivity contribution is 7.15. The number of thiophene rings is 1. The zero-order valence-corrected chi connectivity index (χ0v) is 21.1. The Hall–Kier alpha value is -4.68. The van der Waals surface area contributed by atoms with E-state index in [4.69, 9.17) is 4.74 Å². The summed E-state index contributed by atoms with van der Waals surface area (Å²) in [6, 6.07) is 33.9. The number of benzene rings is 4. The maximum absolute atomic E-state index is 12.8. The number of carboxylic acid groups (broad SMARTS) is 1. The summed E-state index contributed by atoms with van der Waals surface area (Å²) in [5.41, 5.74) is 8.01. The molecule has 1 aromatic heterocycles. The van der Waals surface area contributed by atoms with Crippen LogP contribution in [0.25, 0.3) is 33.4 Å². The lowest BCUT2D eigenvalue weighted by molar-refractivity contribution is 0.0699. The summed E-state index contributed by atoms with van der Waals surface area (Å²) < 4.78 is 5.62. The number of hydrogen-bond donors (Lipinski definition) is 2. The minimum Gasteiger partial charge on any atom is -0.478 e. The summed E-state index contributed by atoms with van der Waals surface area (Å²) in [6.45, 7) is 0.154. The van der Waals surface area contributed by atoms with Gasteiger partial charge in [-0.3, -0.25) is 5.32 Å². The standard InChI is InChI=1S/C32H23NO4S/c34-31(35)29-28(22-16-14-21(15-17-22)20-8-2-1-3-9-20)19-38-30(29)33-32(36)37-18-27-25-12-6-4-10-23(25)24-11-5-7-13-26(24)27/h1-17,19,27H,18H2,(H,33,36)(H,34,35). The Bertz CT molecular complexity index is 1590. The largest absolute Gasteiger partial charge is 0.478 e. The summed E-state index contributed by atoms with van der Waals surface area (Å²) in [5.74, 6) is -1.18. The van der Waals surface area contributed by atoms with Crippen molar-refractivity contribution in [2.24, 2.45) is 0 Å². The van der Waals surface area contributed by atoms with Gasteiger partial charge in [-0.2, -0.15) is 0 Å². The fourth-order valence-corrected chi connectivity index (χ4v) is 6.02. The monoisotopic (exact) mass is 517 g/mol. The Morgan fingerprint density at radius 2 is 1.26 bits per heavy atom. The van der Waals surface area contributed by atoms with E-state index in [1.165, 1.54) is 11.3 Å². The summed E-state index contributed by atoms with van der Waals surface area (Å²) in [7, 11) is 0. The molecule has 0 aliphatic heterocycles. The molecule has 0 saturated carbocycles. The second kappa shape index (κ2) is 10.00. The van der Waals surface area contributed by atoms with Crippen LogP contribution in [0.5, 0.6) is 0 Å². The number of fused-ring (bicyclic) bond motifs is 3. The van der Waals surface area contributed by atoms with Crippen LogP contribution in [-0.4, -0.2) is 23.8 Å². The minimum absolute atomic E-state index is 0.0518. The zero-order chi connectivity index (χ0) is 26.1. The van der Waals surface area contributed by atoms with Gasteiger partial charge in [0.1, 0.15) is 17.2 Å². The third-order valence-corrected chi connectivity index (χ3v) is 7.76. The van der Waals surface area contributed by atoms with Gasteiger partial charge >= 0.3 is 12.1 Å². The lowest BCUT2D eigenvalue weighted by Crippen LogP contribution is -2.18. The van der Waals surface area contributed by atoms with E-state index in [2.05, 4.69) is 29.6 Å². The molecule has 1 aliphatic rings. The summed E-state index contributed by atoms with van der Waals surface area (Å²) in [5, 5.41) is 14.6. The molecule has 186 valence electrons. The molecule has 6 heteroatoms. The molecule has 0 unspecified atom stereocenters. The molecule has 0 bridgehead atoms. The maximum Gasteiger partial charge on any atom is 0.412 e. The maximum atomic E-state index is 12.8. The molecular formula is C32H23NO4S. The van der Waals surface area contributed by atoms with E-state index in [1.807, 2.05) is 78.9 Å². The van der Waals surface area contributed by atoms with Crippen molar-refractivity contribution in [1.29, 1.82) is 0 Å². The molecule has 1 heterocycles. The van der Waals surface area contributed by atoms with Crippen LogP contribution < -0.4 is 5.32 Å². The lowest BCUT2D eigenvalue weighted by Gasteiger charge is -2.14. The van der Waals surface area contributed by atoms with E-state index in [9.17, 15) is 14.7 Å². The molecule has 0 spiro atoms. The van der Waals surface area contributed by atoms with Crippen LogP contribution >= 0.6 is 11.3 Å². The van der Waals surface area contributed by atoms with Crippen molar-refractivity contribution in [2.45, 2.75) is 5.92 Å². The van der Waals surface area contributed by atoms with Crippen molar-refractivity contribution in [3.05, 3.63) is 125 Å². The van der Waals surface area contributed by atoms with Crippen molar-refractivity contribution >= 4 is 28.4 Å². The quantitative estimate of drug-likeness (QED) is 0.238. The molecule has 0 saturated heterocycles. The number of rotatable bonds is 6. The Morgan fingerprint density at radius 3 is 1.89 bits per heavy atom. The van der Waals surface area contributed by atoms with Gasteiger partial charge in [-0.1, -0.05) is 103 Å². The molecule has 1 amide bonds. The van der Waals surface area contributed by atoms with Crippen molar-refractivity contribution in [2.75, 3.05) is 11.9 Å². The number of nitrogens with one attached hydrogen (secondary N) is 1. The van der Waals surface area contributed by atoms with Gasteiger partial charge in [0.05, 0.1) is 0 Å². The van der Waals surface area contributed by atoms with E-state index in [1.54, 1.807) is 5.38 Å². The first-order valence-corrected chi connectivity index (χ1v) is 13.1. The van der Waals surface area contributed by atoms with Gasteiger partial charge < -0.3 is 9.84 Å². The van der Waals surface area contributed by atoms with Crippen LogP contribution in [0.1, 0.15) is 27.4 Å². The van der Waals surface area contributed by atoms with E-state index >= 15 is 0 Å². The highest BCUT2D eigenvalue weighted by Gasteiger charge is 2.29. The summed E-state index contributed by atoms with van der Waals surface area (Å²) >= 11 is 1.17. The molecule has 2 N–H and O–H groups in total. The van der Waals surface area contributed by atoms with Crippen molar-refractivity contribution < 1.29 is 19.4 Å². The molecule has 38 heavy (non-hydrogen) atoms. The number of amides is 1. The smallest absolute Gasteiger partial charge is 0.412 e. The first kappa shape index (κ1) is 23.7. The number of aromatic carboxylic acids is 1. The molecule has 5 aromatic rings. The van der Waals surface area contributed by atoms with Crippen LogP contribution in [0.3, 0.4) is 0 Å². The van der Waals surface area contributed by atoms with Gasteiger partial charge in [0, 0.05) is 16.9 Å². The number of carbonyl (C=O) groups excluding carboxylic acids is 1. The average molecular weight is 518 g/mol. The number of ether oxygens (including phenoxy) is 1. The Balaban J connectivity index is 1.19. The van der Waals surface area contributed by atoms with E-state index < -0.39 is 12.1 Å². The molecule has 6 rings (SSSR count). The molecule has 5 nitrogen and oxygen atoms in total. The zero-order valence-electron chi connectivity index (χ0n) is 20.3. The fraction of sp³-hybridized carbons (Fsp3) is 0.0625. The van der Waals surface area contributed by atoms with Gasteiger partial charge in [-0.15, -0.1) is 11.3 Å². The van der Waals surface area contributed by atoms with Gasteiger partial charge in [0.25, 0.3) is 0 Å². The topological polar surface area (TPSA) is 75.6 Å². The lowest BCUT2D eigenvalue weighted by atomic mass is 9.98. The van der Waals surface area contributed by atoms with Gasteiger partial charge in [0.2, 0.25) is 0 Å². The Kier molecular flexibility index (Phi) is 6.23. The SMILES string of the molecule is O=C(Nc1scc(-c2ccc(-c3ccccc3)cc2)c1C(=O)O)OCC1c2ccccc2-c2ccccc21. The van der Waals surface area contributed by atoms with Crippen LogP contribution in [-0.2, 0) is 4.74 Å². The van der Waals surface area contributed by atoms with Crippen molar-refractivity contribution in [1.82, 2.24) is 0 Å².